The van der Waals surface area contributed by atoms with Gasteiger partial charge in [-0.2, -0.15) is 5.10 Å². The first-order valence-corrected chi connectivity index (χ1v) is 7.17. The van der Waals surface area contributed by atoms with E-state index in [1.54, 1.807) is 43.4 Å². The van der Waals surface area contributed by atoms with Crippen LogP contribution in [0.1, 0.15) is 24.9 Å². The van der Waals surface area contributed by atoms with Crippen LogP contribution in [0.4, 0.5) is 5.69 Å². The number of carbonyl (C=O) groups excluding carboxylic acids is 2. The molecule has 0 saturated carbocycles. The van der Waals surface area contributed by atoms with E-state index in [-0.39, 0.29) is 18.2 Å². The molecule has 2 amide bonds. The highest BCUT2D eigenvalue weighted by Gasteiger charge is 2.17. The van der Waals surface area contributed by atoms with E-state index in [0.29, 0.717) is 5.69 Å². The Kier molecular flexibility index (Phi) is 5.35. The molecule has 0 bridgehead atoms. The van der Waals surface area contributed by atoms with Crippen LogP contribution in [-0.2, 0) is 16.6 Å². The molecule has 0 aliphatic heterocycles. The van der Waals surface area contributed by atoms with Crippen molar-refractivity contribution in [2.75, 3.05) is 12.4 Å². The number of hydrogen-bond acceptors (Lipinski definition) is 4. The van der Waals surface area contributed by atoms with E-state index in [2.05, 4.69) is 15.7 Å². The molecule has 1 unspecified atom stereocenters. The third-order valence-electron chi connectivity index (χ3n) is 3.27. The first-order chi connectivity index (χ1) is 11.0. The zero-order valence-electron chi connectivity index (χ0n) is 13.4. The summed E-state index contributed by atoms with van der Waals surface area (Å²) in [6.45, 7) is 1.43. The molecule has 2 rings (SSSR count). The quantitative estimate of drug-likeness (QED) is 0.848. The molecule has 7 heteroatoms. The number of amides is 2. The normalized spacial score (nSPS) is 11.6. The summed E-state index contributed by atoms with van der Waals surface area (Å²) in [4.78, 5) is 23.6. The first-order valence-electron chi connectivity index (χ1n) is 7.17. The fraction of sp³-hybridized carbons (Fsp3) is 0.312. The lowest BCUT2D eigenvalue weighted by molar-refractivity contribution is -0.120. The van der Waals surface area contributed by atoms with Gasteiger partial charge in [0.2, 0.25) is 11.8 Å². The van der Waals surface area contributed by atoms with E-state index in [9.17, 15) is 9.59 Å². The van der Waals surface area contributed by atoms with E-state index >= 15 is 0 Å². The lowest BCUT2D eigenvalue weighted by atomic mass is 10.0. The maximum Gasteiger partial charge on any atom is 0.226 e. The van der Waals surface area contributed by atoms with E-state index in [1.165, 1.54) is 6.92 Å². The first kappa shape index (κ1) is 16.5. The number of hydrogen-bond donors (Lipinski definition) is 2. The number of ether oxygens (including phenoxy) is 1. The average Bonchev–Trinajstić information content (AvgIpc) is 2.91. The van der Waals surface area contributed by atoms with Crippen molar-refractivity contribution < 1.29 is 14.3 Å². The highest BCUT2D eigenvalue weighted by atomic mass is 16.5. The van der Waals surface area contributed by atoms with Crippen molar-refractivity contribution >= 4 is 17.5 Å². The van der Waals surface area contributed by atoms with Gasteiger partial charge in [0.1, 0.15) is 5.75 Å². The van der Waals surface area contributed by atoms with Crippen LogP contribution in [0.25, 0.3) is 0 Å². The van der Waals surface area contributed by atoms with Crippen molar-refractivity contribution in [1.82, 2.24) is 15.1 Å². The Morgan fingerprint density at radius 1 is 1.30 bits per heavy atom. The second-order valence-electron chi connectivity index (χ2n) is 5.18. The van der Waals surface area contributed by atoms with Gasteiger partial charge in [0.15, 0.2) is 0 Å². The van der Waals surface area contributed by atoms with Gasteiger partial charge in [-0.3, -0.25) is 14.3 Å². The highest BCUT2D eigenvalue weighted by Crippen LogP contribution is 2.21. The summed E-state index contributed by atoms with van der Waals surface area (Å²) in [5.74, 6) is 0.322. The summed E-state index contributed by atoms with van der Waals surface area (Å²) < 4.78 is 6.72. The zero-order valence-corrected chi connectivity index (χ0v) is 13.4. The third-order valence-corrected chi connectivity index (χ3v) is 3.27. The lowest BCUT2D eigenvalue weighted by Crippen LogP contribution is -2.29. The van der Waals surface area contributed by atoms with Crippen molar-refractivity contribution in [1.29, 1.82) is 0 Å². The van der Waals surface area contributed by atoms with Crippen LogP contribution < -0.4 is 15.4 Å². The summed E-state index contributed by atoms with van der Waals surface area (Å²) in [6.07, 6.45) is 3.40. The fourth-order valence-electron chi connectivity index (χ4n) is 2.22. The van der Waals surface area contributed by atoms with Gasteiger partial charge in [-0.25, -0.2) is 0 Å². The summed E-state index contributed by atoms with van der Waals surface area (Å²) in [7, 11) is 3.36. The number of aromatic nitrogens is 2. The monoisotopic (exact) mass is 316 g/mol. The standard InChI is InChI=1S/C16H20N4O3/c1-11(21)18-15(12-4-6-14(23-3)7-5-12)8-16(22)19-13-9-17-20(2)10-13/h4-7,9-10,15H,8H2,1-3H3,(H,18,21)(H,19,22). The van der Waals surface area contributed by atoms with Gasteiger partial charge >= 0.3 is 0 Å². The number of nitrogens with one attached hydrogen (secondary N) is 2. The second kappa shape index (κ2) is 7.44. The molecule has 0 aliphatic rings. The lowest BCUT2D eigenvalue weighted by Gasteiger charge is -2.18. The van der Waals surface area contributed by atoms with Crippen LogP contribution >= 0.6 is 0 Å². The Hall–Kier alpha value is -2.83. The van der Waals surface area contributed by atoms with E-state index in [0.717, 1.165) is 11.3 Å². The van der Waals surface area contributed by atoms with Gasteiger partial charge in [0, 0.05) is 20.2 Å². The van der Waals surface area contributed by atoms with Gasteiger partial charge in [0.25, 0.3) is 0 Å². The molecule has 1 heterocycles. The molecule has 23 heavy (non-hydrogen) atoms. The van der Waals surface area contributed by atoms with Crippen molar-refractivity contribution in [3.8, 4) is 5.75 Å². The molecule has 1 aromatic heterocycles. The molecule has 2 N–H and O–H groups in total. The Morgan fingerprint density at radius 3 is 2.52 bits per heavy atom. The number of nitrogens with zero attached hydrogens (tertiary/aromatic N) is 2. The number of anilines is 1. The molecule has 122 valence electrons. The number of rotatable bonds is 6. The van der Waals surface area contributed by atoms with E-state index in [1.807, 2.05) is 12.1 Å². The molecule has 0 fully saturated rings. The van der Waals surface area contributed by atoms with Crippen LogP contribution in [0.2, 0.25) is 0 Å². The number of aryl methyl sites for hydroxylation is 1. The zero-order chi connectivity index (χ0) is 16.8. The maximum absolute atomic E-state index is 12.2. The fourth-order valence-corrected chi connectivity index (χ4v) is 2.22. The summed E-state index contributed by atoms with van der Waals surface area (Å²) >= 11 is 0. The highest BCUT2D eigenvalue weighted by molar-refractivity contribution is 5.91. The van der Waals surface area contributed by atoms with Crippen molar-refractivity contribution in [2.45, 2.75) is 19.4 Å². The minimum absolute atomic E-state index is 0.126. The van der Waals surface area contributed by atoms with Crippen LogP contribution in [-0.4, -0.2) is 28.7 Å². The smallest absolute Gasteiger partial charge is 0.226 e. The molecule has 1 atom stereocenters. The van der Waals surface area contributed by atoms with Gasteiger partial charge in [-0.1, -0.05) is 12.1 Å². The minimum atomic E-state index is -0.407. The summed E-state index contributed by atoms with van der Waals surface area (Å²) in [5.41, 5.74) is 1.45. The van der Waals surface area contributed by atoms with Crippen LogP contribution in [0.15, 0.2) is 36.7 Å². The Labute approximate surface area is 134 Å². The van der Waals surface area contributed by atoms with Crippen LogP contribution in [0, 0.1) is 0 Å². The topological polar surface area (TPSA) is 85.2 Å². The molecule has 7 nitrogen and oxygen atoms in total. The number of benzene rings is 1. The SMILES string of the molecule is COc1ccc(C(CC(=O)Nc2cnn(C)c2)NC(C)=O)cc1. The van der Waals surface area contributed by atoms with Gasteiger partial charge in [0.05, 0.1) is 31.5 Å². The Morgan fingerprint density at radius 2 is 2.00 bits per heavy atom. The van der Waals surface area contributed by atoms with Crippen LogP contribution in [0.5, 0.6) is 5.75 Å². The molecule has 1 aromatic carbocycles. The van der Waals surface area contributed by atoms with Gasteiger partial charge in [-0.15, -0.1) is 0 Å². The number of methoxy groups -OCH3 is 1. The third kappa shape index (κ3) is 4.84. The summed E-state index contributed by atoms with van der Waals surface area (Å²) in [5, 5.41) is 9.55. The van der Waals surface area contributed by atoms with Gasteiger partial charge < -0.3 is 15.4 Å². The Balaban J connectivity index is 2.07. The van der Waals surface area contributed by atoms with Crippen molar-refractivity contribution in [3.63, 3.8) is 0 Å². The minimum Gasteiger partial charge on any atom is -0.497 e. The molecular formula is C16H20N4O3. The molecule has 0 spiro atoms. The molecule has 0 aliphatic carbocycles. The van der Waals surface area contributed by atoms with Crippen molar-refractivity contribution in [3.05, 3.63) is 42.2 Å². The molecule has 0 saturated heterocycles. The molecular weight excluding hydrogens is 296 g/mol. The largest absolute Gasteiger partial charge is 0.497 e. The Bertz CT molecular complexity index is 679. The molecule has 2 aromatic rings. The average molecular weight is 316 g/mol. The van der Waals surface area contributed by atoms with Crippen molar-refractivity contribution in [2.24, 2.45) is 7.05 Å². The van der Waals surface area contributed by atoms with Crippen LogP contribution in [0.3, 0.4) is 0 Å². The summed E-state index contributed by atoms with van der Waals surface area (Å²) in [6, 6.07) is 6.84. The molecule has 0 radical (unpaired) electrons. The van der Waals surface area contributed by atoms with E-state index in [4.69, 9.17) is 4.74 Å². The van der Waals surface area contributed by atoms with Gasteiger partial charge in [-0.05, 0) is 17.7 Å². The maximum atomic E-state index is 12.2. The van der Waals surface area contributed by atoms with E-state index < -0.39 is 6.04 Å². The second-order valence-corrected chi connectivity index (χ2v) is 5.18. The predicted octanol–water partition coefficient (Wildman–Crippen LogP) is 1.63. The predicted molar refractivity (Wildman–Crippen MR) is 86.0 cm³/mol. The number of carbonyl (C=O) groups is 2.